The van der Waals surface area contributed by atoms with Gasteiger partial charge in [0.25, 0.3) is 0 Å². The van der Waals surface area contributed by atoms with Crippen molar-refractivity contribution in [1.29, 1.82) is 0 Å². The molecule has 1 rings (SSSR count). The number of carbonyl (C=O) groups is 2. The molecule has 1 aromatic rings. The molecule has 0 aliphatic carbocycles. The highest BCUT2D eigenvalue weighted by molar-refractivity contribution is 5.87. The van der Waals surface area contributed by atoms with Crippen molar-refractivity contribution in [2.45, 2.75) is 34.2 Å². The number of hydrogen-bond acceptors (Lipinski definition) is 2. The molecule has 0 bridgehead atoms. The van der Waals surface area contributed by atoms with Crippen molar-refractivity contribution in [3.63, 3.8) is 0 Å². The van der Waals surface area contributed by atoms with Crippen LogP contribution in [0.15, 0.2) is 24.3 Å². The maximum atomic E-state index is 11.6. The molecule has 0 saturated heterocycles. The van der Waals surface area contributed by atoms with Crippen LogP contribution in [0.1, 0.15) is 31.9 Å². The highest BCUT2D eigenvalue weighted by Crippen LogP contribution is 2.11. The zero-order chi connectivity index (χ0) is 14.5. The second-order valence-corrected chi connectivity index (χ2v) is 5.70. The van der Waals surface area contributed by atoms with Gasteiger partial charge in [-0.25, -0.2) is 0 Å². The first-order valence-corrected chi connectivity index (χ1v) is 6.39. The van der Waals surface area contributed by atoms with E-state index in [0.29, 0.717) is 6.54 Å². The fourth-order valence-corrected chi connectivity index (χ4v) is 1.39. The predicted molar refractivity (Wildman–Crippen MR) is 75.5 cm³/mol. The quantitative estimate of drug-likeness (QED) is 0.869. The summed E-state index contributed by atoms with van der Waals surface area (Å²) in [5, 5.41) is 5.39. The molecule has 0 atom stereocenters. The molecule has 4 nitrogen and oxygen atoms in total. The van der Waals surface area contributed by atoms with Crippen LogP contribution in [0.4, 0.5) is 0 Å². The van der Waals surface area contributed by atoms with Crippen molar-refractivity contribution in [1.82, 2.24) is 10.6 Å². The molecule has 19 heavy (non-hydrogen) atoms. The summed E-state index contributed by atoms with van der Waals surface area (Å²) in [7, 11) is 0. The summed E-state index contributed by atoms with van der Waals surface area (Å²) in [4.78, 5) is 23.2. The van der Waals surface area contributed by atoms with Crippen LogP contribution in [0, 0.1) is 12.3 Å². The molecule has 1 aromatic carbocycles. The second-order valence-electron chi connectivity index (χ2n) is 5.70. The van der Waals surface area contributed by atoms with Gasteiger partial charge in [-0.2, -0.15) is 0 Å². The summed E-state index contributed by atoms with van der Waals surface area (Å²) in [5.41, 5.74) is 1.76. The normalized spacial score (nSPS) is 10.9. The van der Waals surface area contributed by atoms with Gasteiger partial charge in [0.05, 0.1) is 6.54 Å². The Balaban J connectivity index is 2.32. The molecule has 4 heteroatoms. The fourth-order valence-electron chi connectivity index (χ4n) is 1.39. The monoisotopic (exact) mass is 262 g/mol. The molecule has 0 unspecified atom stereocenters. The van der Waals surface area contributed by atoms with Crippen LogP contribution >= 0.6 is 0 Å². The van der Waals surface area contributed by atoms with Crippen molar-refractivity contribution in [2.24, 2.45) is 5.41 Å². The smallest absolute Gasteiger partial charge is 0.239 e. The molecular formula is C15H22N2O2. The van der Waals surface area contributed by atoms with E-state index in [-0.39, 0.29) is 18.4 Å². The third kappa shape index (κ3) is 5.55. The topological polar surface area (TPSA) is 58.2 Å². The van der Waals surface area contributed by atoms with Crippen molar-refractivity contribution in [2.75, 3.05) is 6.54 Å². The Kier molecular flexibility index (Phi) is 5.10. The third-order valence-corrected chi connectivity index (χ3v) is 2.70. The van der Waals surface area contributed by atoms with Crippen LogP contribution in [0.5, 0.6) is 0 Å². The summed E-state index contributed by atoms with van der Waals surface area (Å²) in [6.07, 6.45) is 0. The Bertz CT molecular complexity index is 444. The minimum Gasteiger partial charge on any atom is -0.350 e. The van der Waals surface area contributed by atoms with E-state index in [1.54, 1.807) is 0 Å². The van der Waals surface area contributed by atoms with Gasteiger partial charge in [-0.15, -0.1) is 0 Å². The molecule has 0 heterocycles. The van der Waals surface area contributed by atoms with Crippen molar-refractivity contribution in [3.05, 3.63) is 35.4 Å². The van der Waals surface area contributed by atoms with Crippen molar-refractivity contribution < 1.29 is 9.59 Å². The molecule has 104 valence electrons. The minimum atomic E-state index is -0.475. The number of benzene rings is 1. The molecule has 0 saturated carbocycles. The first kappa shape index (κ1) is 15.2. The fraction of sp³-hybridized carbons (Fsp3) is 0.467. The molecule has 0 fully saturated rings. The Morgan fingerprint density at radius 3 is 2.16 bits per heavy atom. The van der Waals surface area contributed by atoms with Crippen molar-refractivity contribution in [3.8, 4) is 0 Å². The second kappa shape index (κ2) is 6.36. The van der Waals surface area contributed by atoms with Crippen LogP contribution in [0.2, 0.25) is 0 Å². The number of amides is 2. The SMILES string of the molecule is Cc1ccc(CNC(=O)CNC(=O)C(C)(C)C)cc1. The van der Waals surface area contributed by atoms with E-state index in [1.807, 2.05) is 52.0 Å². The van der Waals surface area contributed by atoms with Crippen LogP contribution in [0.25, 0.3) is 0 Å². The van der Waals surface area contributed by atoms with E-state index in [1.165, 1.54) is 5.56 Å². The Hall–Kier alpha value is -1.84. The first-order chi connectivity index (χ1) is 8.79. The van der Waals surface area contributed by atoms with Gasteiger partial charge in [-0.05, 0) is 12.5 Å². The predicted octanol–water partition coefficient (Wildman–Crippen LogP) is 1.77. The molecular weight excluding hydrogens is 240 g/mol. The van der Waals surface area contributed by atoms with Gasteiger partial charge in [0.15, 0.2) is 0 Å². The van der Waals surface area contributed by atoms with Gasteiger partial charge < -0.3 is 10.6 Å². The van der Waals surface area contributed by atoms with E-state index in [2.05, 4.69) is 10.6 Å². The average molecular weight is 262 g/mol. The van der Waals surface area contributed by atoms with Gasteiger partial charge in [0, 0.05) is 12.0 Å². The Morgan fingerprint density at radius 2 is 1.63 bits per heavy atom. The van der Waals surface area contributed by atoms with E-state index >= 15 is 0 Å². The number of hydrogen-bond donors (Lipinski definition) is 2. The van der Waals surface area contributed by atoms with E-state index in [9.17, 15) is 9.59 Å². The summed E-state index contributed by atoms with van der Waals surface area (Å²) >= 11 is 0. The Labute approximate surface area is 114 Å². The average Bonchev–Trinajstić information content (AvgIpc) is 2.34. The molecule has 0 aliphatic heterocycles. The lowest BCUT2D eigenvalue weighted by Gasteiger charge is -2.17. The lowest BCUT2D eigenvalue weighted by Crippen LogP contribution is -2.41. The molecule has 0 aromatic heterocycles. The third-order valence-electron chi connectivity index (χ3n) is 2.70. The van der Waals surface area contributed by atoms with Gasteiger partial charge in [0.1, 0.15) is 0 Å². The molecule has 2 N–H and O–H groups in total. The van der Waals surface area contributed by atoms with Crippen molar-refractivity contribution >= 4 is 11.8 Å². The van der Waals surface area contributed by atoms with Crippen LogP contribution < -0.4 is 10.6 Å². The van der Waals surface area contributed by atoms with E-state index < -0.39 is 5.41 Å². The highest BCUT2D eigenvalue weighted by atomic mass is 16.2. The molecule has 0 spiro atoms. The molecule has 0 aliphatic rings. The maximum absolute atomic E-state index is 11.6. The van der Waals surface area contributed by atoms with Gasteiger partial charge in [0.2, 0.25) is 11.8 Å². The van der Waals surface area contributed by atoms with Gasteiger partial charge >= 0.3 is 0 Å². The number of carbonyl (C=O) groups excluding carboxylic acids is 2. The van der Waals surface area contributed by atoms with Crippen LogP contribution in [0.3, 0.4) is 0 Å². The first-order valence-electron chi connectivity index (χ1n) is 6.39. The van der Waals surface area contributed by atoms with E-state index in [0.717, 1.165) is 5.56 Å². The number of rotatable bonds is 4. The van der Waals surface area contributed by atoms with Gasteiger partial charge in [-0.1, -0.05) is 50.6 Å². The van der Waals surface area contributed by atoms with Gasteiger partial charge in [-0.3, -0.25) is 9.59 Å². The standard InChI is InChI=1S/C15H22N2O2/c1-11-5-7-12(8-6-11)9-16-13(18)10-17-14(19)15(2,3)4/h5-8H,9-10H2,1-4H3,(H,16,18)(H,17,19). The van der Waals surface area contributed by atoms with Crippen LogP contribution in [-0.4, -0.2) is 18.4 Å². The summed E-state index contributed by atoms with van der Waals surface area (Å²) in [6, 6.07) is 7.96. The maximum Gasteiger partial charge on any atom is 0.239 e. The minimum absolute atomic E-state index is 0.0158. The molecule has 2 amide bonds. The number of aryl methyl sites for hydroxylation is 1. The largest absolute Gasteiger partial charge is 0.350 e. The summed E-state index contributed by atoms with van der Waals surface area (Å²) in [5.74, 6) is -0.309. The zero-order valence-electron chi connectivity index (χ0n) is 12.0. The lowest BCUT2D eigenvalue weighted by molar-refractivity contribution is -0.131. The highest BCUT2D eigenvalue weighted by Gasteiger charge is 2.21. The summed E-state index contributed by atoms with van der Waals surface area (Å²) < 4.78 is 0. The number of nitrogens with one attached hydrogen (secondary N) is 2. The Morgan fingerprint density at radius 1 is 1.05 bits per heavy atom. The summed E-state index contributed by atoms with van der Waals surface area (Å²) in [6.45, 7) is 7.95. The molecule has 0 radical (unpaired) electrons. The zero-order valence-corrected chi connectivity index (χ0v) is 12.0. The lowest BCUT2D eigenvalue weighted by atomic mass is 9.96. The van der Waals surface area contributed by atoms with Crippen LogP contribution in [-0.2, 0) is 16.1 Å². The van der Waals surface area contributed by atoms with E-state index in [4.69, 9.17) is 0 Å².